The van der Waals surface area contributed by atoms with Crippen molar-refractivity contribution in [2.45, 2.75) is 45.2 Å². The summed E-state index contributed by atoms with van der Waals surface area (Å²) in [6, 6.07) is -1.72. The number of imide groups is 1. The van der Waals surface area contributed by atoms with E-state index in [0.717, 1.165) is 17.0 Å². The van der Waals surface area contributed by atoms with Gasteiger partial charge in [-0.1, -0.05) is 26.0 Å². The molecule has 23 heavy (non-hydrogen) atoms. The average molecular weight is 323 g/mol. The molecule has 2 fully saturated rings. The van der Waals surface area contributed by atoms with Gasteiger partial charge in [0.15, 0.2) is 0 Å². The number of amides is 3. The lowest BCUT2D eigenvalue weighted by atomic mass is 9.86. The topological polar surface area (TPSA) is 90.0 Å². The van der Waals surface area contributed by atoms with Gasteiger partial charge in [-0.25, -0.2) is 14.5 Å². The molecule has 2 saturated heterocycles. The van der Waals surface area contributed by atoms with Crippen molar-refractivity contribution in [1.82, 2.24) is 15.1 Å². The minimum atomic E-state index is -1.15. The number of urea groups is 1. The highest BCUT2D eigenvalue weighted by Crippen LogP contribution is 2.32. The number of rotatable bonds is 5. The van der Waals surface area contributed by atoms with Crippen molar-refractivity contribution in [3.05, 3.63) is 12.2 Å². The van der Waals surface area contributed by atoms with Crippen LogP contribution in [0.3, 0.4) is 0 Å². The van der Waals surface area contributed by atoms with Crippen LogP contribution in [0.15, 0.2) is 12.2 Å². The van der Waals surface area contributed by atoms with Crippen LogP contribution in [0.1, 0.15) is 33.6 Å². The molecular formula is C16H25N3O4. The zero-order valence-corrected chi connectivity index (χ0v) is 14.0. The molecule has 2 N–H and O–H groups in total. The van der Waals surface area contributed by atoms with E-state index in [0.29, 0.717) is 25.9 Å². The number of piperidine rings is 1. The zero-order chi connectivity index (χ0) is 17.4. The quantitative estimate of drug-likeness (QED) is 0.583. The van der Waals surface area contributed by atoms with Gasteiger partial charge < -0.3 is 10.4 Å². The van der Waals surface area contributed by atoms with Gasteiger partial charge in [0.05, 0.1) is 0 Å². The van der Waals surface area contributed by atoms with Crippen molar-refractivity contribution in [2.75, 3.05) is 19.6 Å². The van der Waals surface area contributed by atoms with E-state index in [1.165, 1.54) is 0 Å². The van der Waals surface area contributed by atoms with Gasteiger partial charge in [0.1, 0.15) is 11.6 Å². The van der Waals surface area contributed by atoms with E-state index in [1.54, 1.807) is 13.8 Å². The molecule has 0 bridgehead atoms. The minimum absolute atomic E-state index is 0.346. The smallest absolute Gasteiger partial charge is 0.327 e. The summed E-state index contributed by atoms with van der Waals surface area (Å²) in [4.78, 5) is 39.6. The van der Waals surface area contributed by atoms with Crippen LogP contribution in [-0.4, -0.2) is 64.0 Å². The summed E-state index contributed by atoms with van der Waals surface area (Å²) in [5.74, 6) is -1.90. The Bertz CT molecular complexity index is 535. The Morgan fingerprint density at radius 1 is 1.35 bits per heavy atom. The van der Waals surface area contributed by atoms with Crippen LogP contribution < -0.4 is 5.32 Å². The van der Waals surface area contributed by atoms with Crippen LogP contribution in [0.4, 0.5) is 4.79 Å². The third kappa shape index (κ3) is 3.24. The summed E-state index contributed by atoms with van der Waals surface area (Å²) in [5, 5.41) is 12.1. The number of carbonyl (C=O) groups is 3. The molecule has 128 valence electrons. The Kier molecular flexibility index (Phi) is 4.79. The van der Waals surface area contributed by atoms with Crippen LogP contribution in [0.25, 0.3) is 0 Å². The first kappa shape index (κ1) is 17.5. The number of carboxylic acid groups (broad SMARTS) is 1. The summed E-state index contributed by atoms with van der Waals surface area (Å²) < 4.78 is 0. The Morgan fingerprint density at radius 2 is 1.91 bits per heavy atom. The first-order valence-electron chi connectivity index (χ1n) is 7.93. The van der Waals surface area contributed by atoms with E-state index in [2.05, 4.69) is 16.8 Å². The predicted molar refractivity (Wildman–Crippen MR) is 84.9 cm³/mol. The standard InChI is InChI=1S/C16H25N3O4/c1-10(2)9-18-7-5-16(6-8-18)14(22)19(15(23)17-16)12(11(3)4)13(20)21/h11-12H,1,5-9H2,2-4H3,(H,17,23)(H,20,21). The first-order chi connectivity index (χ1) is 10.7. The maximum absolute atomic E-state index is 12.8. The fourth-order valence-electron chi connectivity index (χ4n) is 3.40. The number of nitrogens with one attached hydrogen (secondary N) is 1. The Morgan fingerprint density at radius 3 is 2.35 bits per heavy atom. The molecule has 2 rings (SSSR count). The Hall–Kier alpha value is -1.89. The summed E-state index contributed by atoms with van der Waals surface area (Å²) >= 11 is 0. The molecule has 1 atom stereocenters. The van der Waals surface area contributed by atoms with Gasteiger partial charge >= 0.3 is 12.0 Å². The highest BCUT2D eigenvalue weighted by atomic mass is 16.4. The molecule has 7 nitrogen and oxygen atoms in total. The van der Waals surface area contributed by atoms with Crippen LogP contribution in [0, 0.1) is 5.92 Å². The summed E-state index contributed by atoms with van der Waals surface area (Å²) in [5.41, 5.74) is 0.0979. The maximum atomic E-state index is 12.8. The summed E-state index contributed by atoms with van der Waals surface area (Å²) in [6.07, 6.45) is 0.984. The lowest BCUT2D eigenvalue weighted by Gasteiger charge is -2.37. The van der Waals surface area contributed by atoms with E-state index in [4.69, 9.17) is 0 Å². The minimum Gasteiger partial charge on any atom is -0.480 e. The number of hydrogen-bond donors (Lipinski definition) is 2. The van der Waals surface area contributed by atoms with Crippen molar-refractivity contribution in [1.29, 1.82) is 0 Å². The second kappa shape index (κ2) is 6.31. The van der Waals surface area contributed by atoms with Crippen LogP contribution in [-0.2, 0) is 9.59 Å². The third-order valence-electron chi connectivity index (χ3n) is 4.56. The largest absolute Gasteiger partial charge is 0.480 e. The van der Waals surface area contributed by atoms with E-state index >= 15 is 0 Å². The number of carboxylic acids is 1. The Balaban J connectivity index is 2.16. The molecule has 0 aliphatic carbocycles. The molecule has 3 amide bonds. The highest BCUT2D eigenvalue weighted by molar-refractivity contribution is 6.09. The van der Waals surface area contributed by atoms with Crippen LogP contribution in [0.5, 0.6) is 0 Å². The number of nitrogens with zero attached hydrogens (tertiary/aromatic N) is 2. The molecule has 7 heteroatoms. The molecule has 0 saturated carbocycles. The second-order valence-corrected chi connectivity index (χ2v) is 6.95. The lowest BCUT2D eigenvalue weighted by Crippen LogP contribution is -2.56. The van der Waals surface area contributed by atoms with Crippen LogP contribution >= 0.6 is 0 Å². The molecule has 0 aromatic rings. The number of aliphatic carboxylic acids is 1. The third-order valence-corrected chi connectivity index (χ3v) is 4.56. The van der Waals surface area contributed by atoms with Crippen molar-refractivity contribution in [2.24, 2.45) is 5.92 Å². The maximum Gasteiger partial charge on any atom is 0.327 e. The van der Waals surface area contributed by atoms with Crippen molar-refractivity contribution in [3.8, 4) is 0 Å². The average Bonchev–Trinajstić information content (AvgIpc) is 2.65. The van der Waals surface area contributed by atoms with Crippen LogP contribution in [0.2, 0.25) is 0 Å². The second-order valence-electron chi connectivity index (χ2n) is 6.95. The normalized spacial score (nSPS) is 22.5. The van der Waals surface area contributed by atoms with Gasteiger partial charge in [-0.05, 0) is 25.7 Å². The van der Waals surface area contributed by atoms with E-state index < -0.39 is 29.5 Å². The molecular weight excluding hydrogens is 298 g/mol. The van der Waals surface area contributed by atoms with Crippen molar-refractivity contribution >= 4 is 17.9 Å². The van der Waals surface area contributed by atoms with Gasteiger partial charge in [0.25, 0.3) is 5.91 Å². The van der Waals surface area contributed by atoms with E-state index in [9.17, 15) is 19.5 Å². The molecule has 0 aromatic carbocycles. The fraction of sp³-hybridized carbons (Fsp3) is 0.688. The van der Waals surface area contributed by atoms with E-state index in [1.807, 2.05) is 6.92 Å². The Labute approximate surface area is 136 Å². The number of hydrogen-bond acceptors (Lipinski definition) is 4. The predicted octanol–water partition coefficient (Wildman–Crippen LogP) is 1.06. The number of carbonyl (C=O) groups excluding carboxylic acids is 2. The molecule has 0 aromatic heterocycles. The molecule has 2 heterocycles. The van der Waals surface area contributed by atoms with Gasteiger partial charge in [-0.2, -0.15) is 0 Å². The molecule has 2 aliphatic rings. The molecule has 0 radical (unpaired) electrons. The van der Waals surface area contributed by atoms with Gasteiger partial charge in [0.2, 0.25) is 0 Å². The number of likely N-dealkylation sites (tertiary alicyclic amines) is 1. The van der Waals surface area contributed by atoms with E-state index in [-0.39, 0.29) is 5.92 Å². The highest BCUT2D eigenvalue weighted by Gasteiger charge is 2.55. The molecule has 1 spiro atoms. The van der Waals surface area contributed by atoms with Gasteiger partial charge in [-0.15, -0.1) is 0 Å². The lowest BCUT2D eigenvalue weighted by molar-refractivity contribution is -0.150. The zero-order valence-electron chi connectivity index (χ0n) is 14.0. The SMILES string of the molecule is C=C(C)CN1CCC2(CC1)NC(=O)N(C(C(=O)O)C(C)C)C2=O. The molecule has 1 unspecified atom stereocenters. The van der Waals surface area contributed by atoms with Crippen molar-refractivity contribution in [3.63, 3.8) is 0 Å². The van der Waals surface area contributed by atoms with Crippen molar-refractivity contribution < 1.29 is 19.5 Å². The van der Waals surface area contributed by atoms with Gasteiger partial charge in [-0.3, -0.25) is 9.69 Å². The summed E-state index contributed by atoms with van der Waals surface area (Å²) in [7, 11) is 0. The first-order valence-corrected chi connectivity index (χ1v) is 7.93. The van der Waals surface area contributed by atoms with Gasteiger partial charge in [0, 0.05) is 19.6 Å². The summed E-state index contributed by atoms with van der Waals surface area (Å²) in [6.45, 7) is 11.3. The monoisotopic (exact) mass is 323 g/mol. The fourth-order valence-corrected chi connectivity index (χ4v) is 3.40. The molecule has 2 aliphatic heterocycles.